The first-order valence-electron chi connectivity index (χ1n) is 21.8. The molecule has 304 valence electrons. The van der Waals surface area contributed by atoms with Crippen LogP contribution in [0.3, 0.4) is 0 Å². The molecule has 0 atom stereocenters. The van der Waals surface area contributed by atoms with Crippen molar-refractivity contribution >= 4 is 41.4 Å². The van der Waals surface area contributed by atoms with E-state index in [0.717, 1.165) is 33.9 Å². The minimum absolute atomic E-state index is 0.110. The summed E-state index contributed by atoms with van der Waals surface area (Å²) in [5.74, 6) is 0. The molecule has 0 unspecified atom stereocenters. The molecule has 0 amide bonds. The minimum Gasteiger partial charge on any atom is -0.311 e. The smallest absolute Gasteiger partial charge is 0.0886 e. The highest BCUT2D eigenvalue weighted by Crippen LogP contribution is 2.56. The highest BCUT2D eigenvalue weighted by atomic mass is 15.1. The monoisotopic (exact) mass is 802 g/mol. The van der Waals surface area contributed by atoms with Crippen molar-refractivity contribution in [1.82, 2.24) is 4.98 Å². The molecule has 0 bridgehead atoms. The van der Waals surface area contributed by atoms with E-state index in [4.69, 9.17) is 4.98 Å². The van der Waals surface area contributed by atoms with Gasteiger partial charge in [0.1, 0.15) is 0 Å². The fraction of sp³-hybridized carbons (Fsp3) is 0.150. The van der Waals surface area contributed by atoms with E-state index in [1.807, 2.05) is 12.3 Å². The lowest BCUT2D eigenvalue weighted by Gasteiger charge is -2.33. The molecule has 1 heterocycles. The lowest BCUT2D eigenvalue weighted by molar-refractivity contribution is 0.590. The number of hydrogen-bond acceptors (Lipinski definition) is 2. The third-order valence-corrected chi connectivity index (χ3v) is 12.3. The summed E-state index contributed by atoms with van der Waals surface area (Å²) in [5.41, 5.74) is 17.2. The van der Waals surface area contributed by atoms with Crippen LogP contribution in [0.5, 0.6) is 0 Å². The van der Waals surface area contributed by atoms with Gasteiger partial charge in [0.25, 0.3) is 0 Å². The number of nitrogens with zero attached hydrogens (tertiary/aromatic N) is 2. The number of pyridine rings is 1. The molecule has 62 heavy (non-hydrogen) atoms. The Balaban J connectivity index is 1.20. The Bertz CT molecular complexity index is 2700. The van der Waals surface area contributed by atoms with E-state index in [0.29, 0.717) is 0 Å². The molecule has 1 aliphatic carbocycles. The molecule has 7 aromatic carbocycles. The van der Waals surface area contributed by atoms with Gasteiger partial charge in [-0.3, -0.25) is 4.98 Å². The van der Waals surface area contributed by atoms with Gasteiger partial charge in [0.15, 0.2) is 0 Å². The summed E-state index contributed by atoms with van der Waals surface area (Å²) in [6.45, 7) is 13.6. The van der Waals surface area contributed by atoms with Crippen molar-refractivity contribution in [3.63, 3.8) is 0 Å². The van der Waals surface area contributed by atoms with Crippen LogP contribution in [0.25, 0.3) is 35.4 Å². The third-order valence-electron chi connectivity index (χ3n) is 12.3. The Morgan fingerprint density at radius 3 is 1.23 bits per heavy atom. The van der Waals surface area contributed by atoms with Gasteiger partial charge < -0.3 is 4.90 Å². The van der Waals surface area contributed by atoms with Gasteiger partial charge in [0, 0.05) is 23.3 Å². The summed E-state index contributed by atoms with van der Waals surface area (Å²) in [7, 11) is 0. The van der Waals surface area contributed by atoms with Crippen LogP contribution < -0.4 is 4.90 Å². The van der Waals surface area contributed by atoms with Gasteiger partial charge in [-0.1, -0.05) is 193 Å². The molecule has 0 spiro atoms. The molecule has 0 radical (unpaired) electrons. The van der Waals surface area contributed by atoms with E-state index in [-0.39, 0.29) is 10.8 Å². The molecule has 0 saturated carbocycles. The van der Waals surface area contributed by atoms with E-state index in [9.17, 15) is 0 Å². The second-order valence-electron chi connectivity index (χ2n) is 18.5. The average molecular weight is 803 g/mol. The van der Waals surface area contributed by atoms with Crippen LogP contribution in [0, 0.1) is 0 Å². The Labute approximate surface area is 368 Å². The predicted molar refractivity (Wildman–Crippen MR) is 264 cm³/mol. The van der Waals surface area contributed by atoms with Crippen molar-refractivity contribution in [1.29, 1.82) is 0 Å². The topological polar surface area (TPSA) is 16.1 Å². The summed E-state index contributed by atoms with van der Waals surface area (Å²) in [5, 5.41) is 0. The van der Waals surface area contributed by atoms with Crippen LogP contribution in [0.4, 0.5) is 17.1 Å². The lowest BCUT2D eigenvalue weighted by atomic mass is 9.69. The highest BCUT2D eigenvalue weighted by Gasteiger charge is 2.47. The van der Waals surface area contributed by atoms with Crippen LogP contribution >= 0.6 is 0 Å². The summed E-state index contributed by atoms with van der Waals surface area (Å²) < 4.78 is 0. The third kappa shape index (κ3) is 7.85. The quantitative estimate of drug-likeness (QED) is 0.135. The zero-order valence-corrected chi connectivity index (χ0v) is 36.7. The van der Waals surface area contributed by atoms with Crippen molar-refractivity contribution in [2.24, 2.45) is 0 Å². The fourth-order valence-corrected chi connectivity index (χ4v) is 8.92. The molecule has 0 aliphatic heterocycles. The van der Waals surface area contributed by atoms with Gasteiger partial charge in [-0.05, 0) is 133 Å². The van der Waals surface area contributed by atoms with Crippen LogP contribution in [0.1, 0.15) is 97.3 Å². The van der Waals surface area contributed by atoms with Gasteiger partial charge in [0.05, 0.1) is 11.1 Å². The lowest BCUT2D eigenvalue weighted by Crippen LogP contribution is -2.30. The standard InChI is InChI=1S/C60H54N2/c1-58(2,3)47-30-24-43(25-31-47)20-22-45-28-38-53-54-39-29-46(23-21-44-26-32-48(33-27-44)59(4,5)6)42-56(54)60(55(53)41-45,57-19-13-14-40-61-57)49-34-36-52(37-35-49)62(50-15-9-7-10-16-50)51-17-11-8-12-18-51/h7-42H,1-6H3/b22-20+,23-21+. The molecule has 1 aliphatic rings. The molecule has 0 N–H and O–H groups in total. The molecule has 0 fully saturated rings. The number of rotatable bonds is 9. The number of para-hydroxylation sites is 2. The van der Waals surface area contributed by atoms with E-state index in [1.165, 1.54) is 50.1 Å². The van der Waals surface area contributed by atoms with Crippen LogP contribution in [0.2, 0.25) is 0 Å². The van der Waals surface area contributed by atoms with Crippen LogP contribution in [-0.4, -0.2) is 4.98 Å². The van der Waals surface area contributed by atoms with Crippen molar-refractivity contribution < 1.29 is 0 Å². The number of hydrogen-bond donors (Lipinski definition) is 0. The normalized spacial score (nSPS) is 13.3. The van der Waals surface area contributed by atoms with E-state index in [1.54, 1.807) is 0 Å². The molecule has 8 aromatic rings. The van der Waals surface area contributed by atoms with Crippen molar-refractivity contribution in [3.8, 4) is 11.1 Å². The maximum absolute atomic E-state index is 5.22. The first kappa shape index (κ1) is 40.4. The van der Waals surface area contributed by atoms with Crippen molar-refractivity contribution in [3.05, 3.63) is 250 Å². The second-order valence-corrected chi connectivity index (χ2v) is 18.5. The molecular formula is C60H54N2. The van der Waals surface area contributed by atoms with E-state index >= 15 is 0 Å². The summed E-state index contributed by atoms with van der Waals surface area (Å²) >= 11 is 0. The zero-order valence-electron chi connectivity index (χ0n) is 36.7. The maximum atomic E-state index is 5.22. The van der Waals surface area contributed by atoms with Crippen molar-refractivity contribution in [2.45, 2.75) is 57.8 Å². The maximum Gasteiger partial charge on any atom is 0.0886 e. The van der Waals surface area contributed by atoms with Gasteiger partial charge in [-0.2, -0.15) is 0 Å². The van der Waals surface area contributed by atoms with E-state index in [2.05, 4.69) is 253 Å². The molecule has 9 rings (SSSR count). The Kier molecular flexibility index (Phi) is 10.7. The second kappa shape index (κ2) is 16.4. The Morgan fingerprint density at radius 1 is 0.403 bits per heavy atom. The van der Waals surface area contributed by atoms with Gasteiger partial charge in [-0.25, -0.2) is 0 Å². The van der Waals surface area contributed by atoms with Gasteiger partial charge in [0.2, 0.25) is 0 Å². The zero-order chi connectivity index (χ0) is 42.9. The van der Waals surface area contributed by atoms with Gasteiger partial charge >= 0.3 is 0 Å². The molecule has 2 heteroatoms. The number of fused-ring (bicyclic) bond motifs is 3. The molecule has 2 nitrogen and oxygen atoms in total. The van der Waals surface area contributed by atoms with Gasteiger partial charge in [-0.15, -0.1) is 0 Å². The number of anilines is 3. The first-order chi connectivity index (χ1) is 30.0. The average Bonchev–Trinajstić information content (AvgIpc) is 3.58. The summed E-state index contributed by atoms with van der Waals surface area (Å²) in [6, 6.07) is 68.6. The largest absolute Gasteiger partial charge is 0.311 e. The Hall–Kier alpha value is -7.03. The van der Waals surface area contributed by atoms with E-state index < -0.39 is 5.41 Å². The number of benzene rings is 7. The summed E-state index contributed by atoms with van der Waals surface area (Å²) in [6.07, 6.45) is 10.9. The molecular weight excluding hydrogens is 749 g/mol. The minimum atomic E-state index is -0.689. The van der Waals surface area contributed by atoms with Crippen LogP contribution in [-0.2, 0) is 16.2 Å². The molecule has 1 aromatic heterocycles. The van der Waals surface area contributed by atoms with Crippen LogP contribution in [0.15, 0.2) is 194 Å². The molecule has 0 saturated heterocycles. The SMILES string of the molecule is CC(C)(C)c1ccc(/C=C/c2ccc3c(c2)C(c2ccc(N(c4ccccc4)c4ccccc4)cc2)(c2ccccn2)c2cc(/C=C/c4ccc(C(C)(C)C)cc4)ccc2-3)cc1. The fourth-order valence-electron chi connectivity index (χ4n) is 8.92. The number of aromatic nitrogens is 1. The van der Waals surface area contributed by atoms with Crippen molar-refractivity contribution in [2.75, 3.05) is 4.90 Å². The summed E-state index contributed by atoms with van der Waals surface area (Å²) in [4.78, 5) is 7.54. The Morgan fingerprint density at radius 2 is 0.806 bits per heavy atom. The predicted octanol–water partition coefficient (Wildman–Crippen LogP) is 15.9. The first-order valence-corrected chi connectivity index (χ1v) is 21.8. The highest BCUT2D eigenvalue weighted by molar-refractivity contribution is 5.89.